The van der Waals surface area contributed by atoms with Crippen molar-refractivity contribution in [3.8, 4) is 0 Å². The zero-order chi connectivity index (χ0) is 19.0. The molecule has 0 saturated carbocycles. The topological polar surface area (TPSA) is 35.2 Å². The SMILES string of the molecule is CCOCCC1=CCC(C(C)(C)c2ccc(CCC(C)CN)cc2)C=C1. The van der Waals surface area contributed by atoms with E-state index in [1.54, 1.807) is 0 Å². The van der Waals surface area contributed by atoms with E-state index < -0.39 is 0 Å². The molecule has 1 aromatic carbocycles. The van der Waals surface area contributed by atoms with Crippen LogP contribution in [-0.4, -0.2) is 19.8 Å². The van der Waals surface area contributed by atoms with Crippen LogP contribution in [-0.2, 0) is 16.6 Å². The van der Waals surface area contributed by atoms with Gasteiger partial charge in [0.15, 0.2) is 0 Å². The summed E-state index contributed by atoms with van der Waals surface area (Å²) >= 11 is 0. The van der Waals surface area contributed by atoms with Crippen molar-refractivity contribution in [1.29, 1.82) is 0 Å². The molecule has 2 N–H and O–H groups in total. The highest BCUT2D eigenvalue weighted by atomic mass is 16.5. The van der Waals surface area contributed by atoms with E-state index in [0.717, 1.165) is 39.0 Å². The first-order chi connectivity index (χ1) is 12.5. The molecule has 0 aromatic heterocycles. The second-order valence-electron chi connectivity index (χ2n) is 8.23. The molecule has 1 aliphatic carbocycles. The molecule has 2 atom stereocenters. The van der Waals surface area contributed by atoms with Gasteiger partial charge in [0.2, 0.25) is 0 Å². The van der Waals surface area contributed by atoms with Crippen molar-refractivity contribution in [1.82, 2.24) is 0 Å². The fourth-order valence-electron chi connectivity index (χ4n) is 3.57. The van der Waals surface area contributed by atoms with Crippen LogP contribution in [0, 0.1) is 11.8 Å². The number of rotatable bonds is 10. The van der Waals surface area contributed by atoms with Crippen molar-refractivity contribution in [2.75, 3.05) is 19.8 Å². The normalized spacial score (nSPS) is 18.7. The summed E-state index contributed by atoms with van der Waals surface area (Å²) < 4.78 is 5.47. The van der Waals surface area contributed by atoms with Crippen LogP contribution in [0.2, 0.25) is 0 Å². The molecule has 0 fully saturated rings. The van der Waals surface area contributed by atoms with Gasteiger partial charge in [-0.25, -0.2) is 0 Å². The third-order valence-electron chi connectivity index (χ3n) is 5.87. The maximum atomic E-state index is 5.73. The minimum Gasteiger partial charge on any atom is -0.381 e. The third kappa shape index (κ3) is 5.82. The number of aryl methyl sites for hydroxylation is 1. The smallest absolute Gasteiger partial charge is 0.0506 e. The van der Waals surface area contributed by atoms with E-state index in [4.69, 9.17) is 10.5 Å². The second kappa shape index (κ2) is 10.1. The molecule has 0 spiro atoms. The maximum Gasteiger partial charge on any atom is 0.0506 e. The van der Waals surface area contributed by atoms with E-state index in [1.165, 1.54) is 23.1 Å². The number of ether oxygens (including phenoxy) is 1. The van der Waals surface area contributed by atoms with Gasteiger partial charge in [-0.1, -0.05) is 68.8 Å². The van der Waals surface area contributed by atoms with E-state index in [1.807, 2.05) is 6.92 Å². The van der Waals surface area contributed by atoms with Crippen LogP contribution in [0.15, 0.2) is 48.1 Å². The van der Waals surface area contributed by atoms with E-state index >= 15 is 0 Å². The fourth-order valence-corrected chi connectivity index (χ4v) is 3.57. The van der Waals surface area contributed by atoms with Crippen LogP contribution in [0.3, 0.4) is 0 Å². The lowest BCUT2D eigenvalue weighted by molar-refractivity contribution is 0.151. The van der Waals surface area contributed by atoms with Crippen molar-refractivity contribution in [3.05, 3.63) is 59.2 Å². The van der Waals surface area contributed by atoms with Crippen molar-refractivity contribution < 1.29 is 4.74 Å². The maximum absolute atomic E-state index is 5.73. The molecule has 1 aromatic rings. The molecule has 144 valence electrons. The Labute approximate surface area is 160 Å². The second-order valence-corrected chi connectivity index (χ2v) is 8.23. The lowest BCUT2D eigenvalue weighted by atomic mass is 9.70. The summed E-state index contributed by atoms with van der Waals surface area (Å²) in [6.45, 7) is 11.4. The van der Waals surface area contributed by atoms with Gasteiger partial charge in [-0.05, 0) is 67.5 Å². The number of benzene rings is 1. The molecule has 26 heavy (non-hydrogen) atoms. The van der Waals surface area contributed by atoms with Crippen LogP contribution < -0.4 is 5.73 Å². The zero-order valence-electron chi connectivity index (χ0n) is 17.1. The van der Waals surface area contributed by atoms with E-state index in [-0.39, 0.29) is 5.41 Å². The van der Waals surface area contributed by atoms with Crippen LogP contribution >= 0.6 is 0 Å². The van der Waals surface area contributed by atoms with Gasteiger partial charge in [0.25, 0.3) is 0 Å². The zero-order valence-corrected chi connectivity index (χ0v) is 17.1. The standard InChI is InChI=1S/C24H37NO/c1-5-26-17-16-21-10-14-23(15-11-21)24(3,4)22-12-8-20(9-13-22)7-6-19(2)18-25/h8-14,19,23H,5-7,15-18,25H2,1-4H3. The van der Waals surface area contributed by atoms with Gasteiger partial charge in [-0.15, -0.1) is 0 Å². The lowest BCUT2D eigenvalue weighted by Gasteiger charge is -2.34. The number of allylic oxidation sites excluding steroid dienone is 3. The molecule has 0 aliphatic heterocycles. The monoisotopic (exact) mass is 355 g/mol. The number of hydrogen-bond acceptors (Lipinski definition) is 2. The molecule has 0 heterocycles. The van der Waals surface area contributed by atoms with Crippen LogP contribution in [0.4, 0.5) is 0 Å². The summed E-state index contributed by atoms with van der Waals surface area (Å²) in [5.41, 5.74) is 10.1. The Bertz CT molecular complexity index is 597. The molecule has 0 radical (unpaired) electrons. The molecule has 0 saturated heterocycles. The number of hydrogen-bond donors (Lipinski definition) is 1. The lowest BCUT2D eigenvalue weighted by Crippen LogP contribution is -2.28. The summed E-state index contributed by atoms with van der Waals surface area (Å²) in [6, 6.07) is 9.25. The Hall–Kier alpha value is -1.38. The largest absolute Gasteiger partial charge is 0.381 e. The molecule has 0 amide bonds. The molecule has 0 bridgehead atoms. The molecule has 2 rings (SSSR count). The number of nitrogens with two attached hydrogens (primary N) is 1. The van der Waals surface area contributed by atoms with Gasteiger partial charge < -0.3 is 10.5 Å². The highest BCUT2D eigenvalue weighted by molar-refractivity contribution is 5.33. The molecule has 2 nitrogen and oxygen atoms in total. The summed E-state index contributed by atoms with van der Waals surface area (Å²) in [5.74, 6) is 1.14. The minimum absolute atomic E-state index is 0.140. The van der Waals surface area contributed by atoms with Gasteiger partial charge in [-0.3, -0.25) is 0 Å². The van der Waals surface area contributed by atoms with Crippen molar-refractivity contribution >= 4 is 0 Å². The minimum atomic E-state index is 0.140. The molecule has 1 aliphatic rings. The highest BCUT2D eigenvalue weighted by Crippen LogP contribution is 2.37. The van der Waals surface area contributed by atoms with Crippen molar-refractivity contribution in [2.24, 2.45) is 17.6 Å². The Balaban J connectivity index is 1.94. The van der Waals surface area contributed by atoms with Crippen molar-refractivity contribution in [2.45, 2.75) is 58.8 Å². The first-order valence-electron chi connectivity index (χ1n) is 10.2. The highest BCUT2D eigenvalue weighted by Gasteiger charge is 2.29. The van der Waals surface area contributed by atoms with Crippen LogP contribution in [0.5, 0.6) is 0 Å². The van der Waals surface area contributed by atoms with E-state index in [2.05, 4.69) is 63.3 Å². The van der Waals surface area contributed by atoms with Gasteiger partial charge >= 0.3 is 0 Å². The first-order valence-corrected chi connectivity index (χ1v) is 10.2. The van der Waals surface area contributed by atoms with Crippen molar-refractivity contribution in [3.63, 3.8) is 0 Å². The predicted octanol–water partition coefficient (Wildman–Crippen LogP) is 5.42. The first kappa shape index (κ1) is 20.9. The Kier molecular flexibility index (Phi) is 8.12. The summed E-state index contributed by atoms with van der Waals surface area (Å²) in [7, 11) is 0. The predicted molar refractivity (Wildman–Crippen MR) is 112 cm³/mol. The third-order valence-corrected chi connectivity index (χ3v) is 5.87. The van der Waals surface area contributed by atoms with Gasteiger partial charge in [0.05, 0.1) is 6.61 Å². The van der Waals surface area contributed by atoms with Gasteiger partial charge in [0, 0.05) is 6.61 Å². The molecular weight excluding hydrogens is 318 g/mol. The Morgan fingerprint density at radius 3 is 2.50 bits per heavy atom. The fraction of sp³-hybridized carbons (Fsp3) is 0.583. The average Bonchev–Trinajstić information content (AvgIpc) is 2.67. The molecule has 2 unspecified atom stereocenters. The van der Waals surface area contributed by atoms with Gasteiger partial charge in [0.1, 0.15) is 0 Å². The summed E-state index contributed by atoms with van der Waals surface area (Å²) in [6.07, 6.45) is 11.5. The average molecular weight is 356 g/mol. The van der Waals surface area contributed by atoms with E-state index in [0.29, 0.717) is 11.8 Å². The van der Waals surface area contributed by atoms with Gasteiger partial charge in [-0.2, -0.15) is 0 Å². The summed E-state index contributed by atoms with van der Waals surface area (Å²) in [4.78, 5) is 0. The molecule has 2 heteroatoms. The quantitative estimate of drug-likeness (QED) is 0.569. The van der Waals surface area contributed by atoms with Crippen LogP contribution in [0.25, 0.3) is 0 Å². The molecular formula is C24H37NO. The van der Waals surface area contributed by atoms with Crippen LogP contribution in [0.1, 0.15) is 58.1 Å². The summed E-state index contributed by atoms with van der Waals surface area (Å²) in [5, 5.41) is 0. The Morgan fingerprint density at radius 1 is 1.19 bits per heavy atom. The Morgan fingerprint density at radius 2 is 1.92 bits per heavy atom. The van der Waals surface area contributed by atoms with E-state index in [9.17, 15) is 0 Å².